The van der Waals surface area contributed by atoms with Crippen LogP contribution in [0.1, 0.15) is 31.9 Å². The molecule has 1 rings (SSSR count). The highest BCUT2D eigenvalue weighted by atomic mass is 16.5. The van der Waals surface area contributed by atoms with E-state index in [1.165, 1.54) is 0 Å². The van der Waals surface area contributed by atoms with Crippen LogP contribution in [0, 0.1) is 12.3 Å². The van der Waals surface area contributed by atoms with Crippen LogP contribution in [0.4, 0.5) is 0 Å². The normalized spacial score (nSPS) is 11.1. The summed E-state index contributed by atoms with van der Waals surface area (Å²) in [4.78, 5) is 23.9. The van der Waals surface area contributed by atoms with Crippen molar-refractivity contribution in [3.8, 4) is 0 Å². The van der Waals surface area contributed by atoms with Crippen molar-refractivity contribution >= 4 is 11.8 Å². The third-order valence-corrected chi connectivity index (χ3v) is 3.10. The molecule has 98 valence electrons. The lowest BCUT2D eigenvalue weighted by molar-refractivity contribution is -0.157. The summed E-state index contributed by atoms with van der Waals surface area (Å²) in [6.07, 6.45) is 0.262. The molecule has 3 heteroatoms. The molecule has 0 heterocycles. The van der Waals surface area contributed by atoms with E-state index in [-0.39, 0.29) is 12.2 Å². The first-order valence-electron chi connectivity index (χ1n) is 6.14. The first-order valence-corrected chi connectivity index (χ1v) is 6.14. The van der Waals surface area contributed by atoms with Crippen molar-refractivity contribution in [3.63, 3.8) is 0 Å². The van der Waals surface area contributed by atoms with E-state index in [2.05, 4.69) is 0 Å². The molecular weight excluding hydrogens is 228 g/mol. The van der Waals surface area contributed by atoms with Crippen LogP contribution in [-0.4, -0.2) is 18.4 Å². The minimum atomic E-state index is -1.09. The fraction of sp³-hybridized carbons (Fsp3) is 0.467. The topological polar surface area (TPSA) is 43.4 Å². The van der Waals surface area contributed by atoms with Gasteiger partial charge < -0.3 is 4.74 Å². The molecule has 0 spiro atoms. The van der Waals surface area contributed by atoms with E-state index in [4.69, 9.17) is 4.74 Å². The van der Waals surface area contributed by atoms with Gasteiger partial charge in [-0.15, -0.1) is 0 Å². The number of carbonyl (C=O) groups is 2. The quantitative estimate of drug-likeness (QED) is 0.594. The molecule has 0 radical (unpaired) electrons. The molecule has 0 aromatic heterocycles. The van der Waals surface area contributed by atoms with Crippen LogP contribution in [0.5, 0.6) is 0 Å². The Morgan fingerprint density at radius 2 is 1.83 bits per heavy atom. The zero-order valence-corrected chi connectivity index (χ0v) is 11.4. The molecule has 1 aromatic rings. The van der Waals surface area contributed by atoms with Crippen LogP contribution in [0.25, 0.3) is 0 Å². The maximum atomic E-state index is 12.2. The van der Waals surface area contributed by atoms with Gasteiger partial charge >= 0.3 is 5.97 Å². The van der Waals surface area contributed by atoms with E-state index >= 15 is 0 Å². The summed E-state index contributed by atoms with van der Waals surface area (Å²) in [6.45, 7) is 7.22. The number of ketones is 1. The molecule has 0 aliphatic rings. The highest BCUT2D eigenvalue weighted by Gasteiger charge is 2.37. The summed E-state index contributed by atoms with van der Waals surface area (Å²) in [6, 6.07) is 7.70. The van der Waals surface area contributed by atoms with E-state index in [1.807, 2.05) is 31.2 Å². The SMILES string of the molecule is CCOC(=O)C(C)(C)C(=O)Cc1ccccc1C. The molecular formula is C15H20O3. The van der Waals surface area contributed by atoms with E-state index in [1.54, 1.807) is 20.8 Å². The highest BCUT2D eigenvalue weighted by molar-refractivity contribution is 6.03. The third-order valence-electron chi connectivity index (χ3n) is 3.10. The third kappa shape index (κ3) is 3.19. The number of esters is 1. The molecule has 0 amide bonds. The second kappa shape index (κ2) is 5.80. The fourth-order valence-corrected chi connectivity index (χ4v) is 1.63. The molecule has 0 fully saturated rings. The summed E-state index contributed by atoms with van der Waals surface area (Å²) in [5, 5.41) is 0. The number of rotatable bonds is 5. The van der Waals surface area contributed by atoms with Crippen LogP contribution >= 0.6 is 0 Å². The monoisotopic (exact) mass is 248 g/mol. The van der Waals surface area contributed by atoms with Gasteiger partial charge in [-0.25, -0.2) is 0 Å². The lowest BCUT2D eigenvalue weighted by atomic mass is 9.84. The van der Waals surface area contributed by atoms with E-state index in [0.29, 0.717) is 6.61 Å². The van der Waals surface area contributed by atoms with Crippen molar-refractivity contribution < 1.29 is 14.3 Å². The summed E-state index contributed by atoms with van der Waals surface area (Å²) in [5.41, 5.74) is 0.934. The minimum Gasteiger partial charge on any atom is -0.465 e. The second-order valence-corrected chi connectivity index (χ2v) is 4.87. The minimum absolute atomic E-state index is 0.116. The molecule has 0 bridgehead atoms. The van der Waals surface area contributed by atoms with Crippen molar-refractivity contribution in [1.29, 1.82) is 0 Å². The predicted octanol–water partition coefficient (Wildman–Crippen LogP) is 2.70. The van der Waals surface area contributed by atoms with Gasteiger partial charge in [-0.3, -0.25) is 9.59 Å². The van der Waals surface area contributed by atoms with Gasteiger partial charge in [0.2, 0.25) is 0 Å². The van der Waals surface area contributed by atoms with Gasteiger partial charge in [0.05, 0.1) is 6.61 Å². The Labute approximate surface area is 108 Å². The van der Waals surface area contributed by atoms with Crippen molar-refractivity contribution in [2.45, 2.75) is 34.1 Å². The van der Waals surface area contributed by atoms with E-state index < -0.39 is 11.4 Å². The Morgan fingerprint density at radius 3 is 2.39 bits per heavy atom. The van der Waals surface area contributed by atoms with Crippen molar-refractivity contribution in [2.24, 2.45) is 5.41 Å². The Balaban J connectivity index is 2.82. The van der Waals surface area contributed by atoms with Gasteiger partial charge in [-0.2, -0.15) is 0 Å². The first-order chi connectivity index (χ1) is 8.39. The number of aryl methyl sites for hydroxylation is 1. The smallest absolute Gasteiger partial charge is 0.319 e. The Kier molecular flexibility index (Phi) is 4.65. The van der Waals surface area contributed by atoms with Gasteiger partial charge in [0.1, 0.15) is 5.41 Å². The first kappa shape index (κ1) is 14.4. The van der Waals surface area contributed by atoms with E-state index in [0.717, 1.165) is 11.1 Å². The number of hydrogen-bond acceptors (Lipinski definition) is 3. The number of carbonyl (C=O) groups excluding carboxylic acids is 2. The molecule has 3 nitrogen and oxygen atoms in total. The Bertz CT molecular complexity index is 447. The molecule has 0 saturated heterocycles. The lowest BCUT2D eigenvalue weighted by Crippen LogP contribution is -2.36. The summed E-state index contributed by atoms with van der Waals surface area (Å²) in [5.74, 6) is -0.571. The molecule has 0 aliphatic heterocycles. The molecule has 1 aromatic carbocycles. The van der Waals surface area contributed by atoms with Crippen molar-refractivity contribution in [1.82, 2.24) is 0 Å². The lowest BCUT2D eigenvalue weighted by Gasteiger charge is -2.21. The molecule has 0 aliphatic carbocycles. The van der Waals surface area contributed by atoms with Crippen molar-refractivity contribution in [2.75, 3.05) is 6.61 Å². The largest absolute Gasteiger partial charge is 0.465 e. The maximum absolute atomic E-state index is 12.2. The Morgan fingerprint density at radius 1 is 1.22 bits per heavy atom. The van der Waals surface area contributed by atoms with Crippen LogP contribution in [0.2, 0.25) is 0 Å². The van der Waals surface area contributed by atoms with Crippen LogP contribution in [-0.2, 0) is 20.7 Å². The molecule has 0 unspecified atom stereocenters. The van der Waals surface area contributed by atoms with Crippen LogP contribution in [0.3, 0.4) is 0 Å². The predicted molar refractivity (Wildman–Crippen MR) is 70.3 cm³/mol. The number of benzene rings is 1. The van der Waals surface area contributed by atoms with Crippen molar-refractivity contribution in [3.05, 3.63) is 35.4 Å². The Hall–Kier alpha value is -1.64. The second-order valence-electron chi connectivity index (χ2n) is 4.87. The standard InChI is InChI=1S/C15H20O3/c1-5-18-14(17)15(3,4)13(16)10-12-9-7-6-8-11(12)2/h6-9H,5,10H2,1-4H3. The maximum Gasteiger partial charge on any atom is 0.319 e. The number of hydrogen-bond donors (Lipinski definition) is 0. The van der Waals surface area contributed by atoms with Crippen LogP contribution < -0.4 is 0 Å². The molecule has 0 atom stereocenters. The average Bonchev–Trinajstić information content (AvgIpc) is 2.32. The zero-order chi connectivity index (χ0) is 13.8. The van der Waals surface area contributed by atoms with Gasteiger partial charge in [-0.05, 0) is 38.8 Å². The summed E-state index contributed by atoms with van der Waals surface area (Å²) >= 11 is 0. The summed E-state index contributed by atoms with van der Waals surface area (Å²) in [7, 11) is 0. The van der Waals surface area contributed by atoms with Crippen LogP contribution in [0.15, 0.2) is 24.3 Å². The molecule has 0 N–H and O–H groups in total. The number of Topliss-reactive ketones (excluding diaryl/α,β-unsaturated/α-hetero) is 1. The number of ether oxygens (including phenoxy) is 1. The van der Waals surface area contributed by atoms with Gasteiger partial charge in [0.15, 0.2) is 5.78 Å². The molecule has 18 heavy (non-hydrogen) atoms. The molecule has 0 saturated carbocycles. The zero-order valence-electron chi connectivity index (χ0n) is 11.4. The van der Waals surface area contributed by atoms with Gasteiger partial charge in [0.25, 0.3) is 0 Å². The summed E-state index contributed by atoms with van der Waals surface area (Å²) < 4.78 is 4.94. The van der Waals surface area contributed by atoms with Gasteiger partial charge in [0, 0.05) is 6.42 Å². The highest BCUT2D eigenvalue weighted by Crippen LogP contribution is 2.22. The van der Waals surface area contributed by atoms with E-state index in [9.17, 15) is 9.59 Å². The fourth-order valence-electron chi connectivity index (χ4n) is 1.63. The van der Waals surface area contributed by atoms with Gasteiger partial charge in [-0.1, -0.05) is 24.3 Å². The average molecular weight is 248 g/mol.